The Morgan fingerprint density at radius 2 is 0.734 bits per heavy atom. The maximum Gasteiger partial charge on any atom is 0.309 e. The smallest absolute Gasteiger partial charge is 0.309 e. The zero-order valence-corrected chi connectivity index (χ0v) is 53.7. The maximum atomic E-state index is 12.8. The molecule has 79 heavy (non-hydrogen) atoms. The number of hydrogen-bond acceptors (Lipinski definition) is 6. The van der Waals surface area contributed by atoms with Gasteiger partial charge in [-0.25, -0.2) is 4.98 Å². The number of carboxylic acids is 3. The van der Waals surface area contributed by atoms with Crippen molar-refractivity contribution in [3.05, 3.63) is 17.7 Å². The predicted molar refractivity (Wildman–Crippen MR) is 336 cm³/mol. The van der Waals surface area contributed by atoms with E-state index in [2.05, 4.69) is 56.0 Å². The number of imidazole rings is 1. The fourth-order valence-corrected chi connectivity index (χ4v) is 12.0. The monoisotopic (exact) mass is 1120 g/mol. The summed E-state index contributed by atoms with van der Waals surface area (Å²) in [7, 11) is 0. The zero-order valence-electron chi connectivity index (χ0n) is 53.7. The van der Waals surface area contributed by atoms with Crippen LogP contribution >= 0.6 is 0 Å². The van der Waals surface area contributed by atoms with Crippen LogP contribution in [0.4, 0.5) is 0 Å². The number of nitrogens with zero attached hydrogens (tertiary/aromatic N) is 3. The largest absolute Gasteiger partial charge is 0.481 e. The van der Waals surface area contributed by atoms with Crippen LogP contribution in [0.5, 0.6) is 0 Å². The lowest BCUT2D eigenvalue weighted by Crippen LogP contribution is -2.31. The molecule has 0 radical (unpaired) electrons. The van der Waals surface area contributed by atoms with Gasteiger partial charge in [-0.15, -0.1) is 0 Å². The summed E-state index contributed by atoms with van der Waals surface area (Å²) in [6.07, 6.45) is 54.4. The van der Waals surface area contributed by atoms with Gasteiger partial charge in [-0.3, -0.25) is 14.4 Å². The minimum absolute atomic E-state index is 0.0898. The first-order chi connectivity index (χ1) is 38.3. The van der Waals surface area contributed by atoms with Gasteiger partial charge in [0.25, 0.3) is 0 Å². The summed E-state index contributed by atoms with van der Waals surface area (Å²) in [5, 5.41) is 30.3. The molecule has 466 valence electrons. The SMILES string of the molecule is CCCCCCCCC(CCCCCC)(CCCCCCN(CCCCCCC(CCCCCC)(CCCCCCCC)C(=O)O)CCCOCn1cc(C)nc1C)C(=O)O.CCCCCCCCC(CCCCCC)C(=O)O. The third-order valence-electron chi connectivity index (χ3n) is 17.5. The molecule has 0 aliphatic rings. The standard InChI is InChI=1S/C53H101N3O5.C16H32O2/c1-7-11-15-19-21-29-38-52(50(57)58,36-27-17-13-9-3)40-31-23-25-33-42-55(44-35-45-61-47-56-46-48(5)54-49(56)6)43-34-26-24-32-41-53(51(59)60,37-28-18-14-10-4)39-30-22-20-16-12-8-2;1-3-5-7-9-10-12-14-15(16(17)18)13-11-8-6-4-2/h46H,7-45,47H2,1-6H3,(H,57,58)(H,59,60);15H,3-14H2,1-2H3,(H,17,18). The highest BCUT2D eigenvalue weighted by atomic mass is 16.5. The first kappa shape index (κ1) is 76.5. The van der Waals surface area contributed by atoms with Crippen molar-refractivity contribution in [3.8, 4) is 0 Å². The highest BCUT2D eigenvalue weighted by Crippen LogP contribution is 2.39. The molecule has 0 saturated heterocycles. The van der Waals surface area contributed by atoms with Crippen molar-refractivity contribution in [2.75, 3.05) is 26.2 Å². The summed E-state index contributed by atoms with van der Waals surface area (Å²) in [5.74, 6) is -0.795. The lowest BCUT2D eigenvalue weighted by molar-refractivity contribution is -0.151. The van der Waals surface area contributed by atoms with E-state index in [1.54, 1.807) is 0 Å². The molecule has 3 atom stereocenters. The molecular weight excluding hydrogens is 983 g/mol. The van der Waals surface area contributed by atoms with Crippen LogP contribution in [-0.4, -0.2) is 73.9 Å². The first-order valence-electron chi connectivity index (χ1n) is 34.3. The number of carbonyl (C=O) groups is 3. The van der Waals surface area contributed by atoms with Crippen molar-refractivity contribution in [1.82, 2.24) is 14.5 Å². The van der Waals surface area contributed by atoms with Crippen molar-refractivity contribution in [1.29, 1.82) is 0 Å². The van der Waals surface area contributed by atoms with E-state index in [0.29, 0.717) is 6.73 Å². The molecule has 1 rings (SSSR count). The average molecular weight is 1120 g/mol. The van der Waals surface area contributed by atoms with E-state index < -0.39 is 28.7 Å². The van der Waals surface area contributed by atoms with E-state index in [0.717, 1.165) is 211 Å². The highest BCUT2D eigenvalue weighted by Gasteiger charge is 2.37. The van der Waals surface area contributed by atoms with E-state index in [1.165, 1.54) is 128 Å². The number of ether oxygens (including phenoxy) is 1. The molecule has 0 aliphatic carbocycles. The van der Waals surface area contributed by atoms with E-state index in [1.807, 2.05) is 20.0 Å². The number of carboxylic acid groups (broad SMARTS) is 3. The molecule has 1 aromatic rings. The van der Waals surface area contributed by atoms with Gasteiger partial charge in [0.2, 0.25) is 0 Å². The van der Waals surface area contributed by atoms with Crippen molar-refractivity contribution in [3.63, 3.8) is 0 Å². The molecule has 0 bridgehead atoms. The fraction of sp³-hybridized carbons (Fsp3) is 0.913. The molecule has 0 aliphatic heterocycles. The number of rotatable bonds is 59. The van der Waals surface area contributed by atoms with Gasteiger partial charge >= 0.3 is 17.9 Å². The van der Waals surface area contributed by atoms with Crippen LogP contribution in [0.25, 0.3) is 0 Å². The summed E-state index contributed by atoms with van der Waals surface area (Å²) < 4.78 is 8.14. The summed E-state index contributed by atoms with van der Waals surface area (Å²) in [5.41, 5.74) is -0.0817. The highest BCUT2D eigenvalue weighted by molar-refractivity contribution is 5.75. The lowest BCUT2D eigenvalue weighted by atomic mass is 9.74. The molecule has 10 heteroatoms. The predicted octanol–water partition coefficient (Wildman–Crippen LogP) is 21.1. The van der Waals surface area contributed by atoms with E-state index >= 15 is 0 Å². The molecule has 1 aromatic heterocycles. The molecule has 3 unspecified atom stereocenters. The number of aryl methyl sites for hydroxylation is 2. The molecule has 0 amide bonds. The normalized spacial score (nSPS) is 13.5. The van der Waals surface area contributed by atoms with Crippen LogP contribution in [0.3, 0.4) is 0 Å². The van der Waals surface area contributed by atoms with Gasteiger partial charge in [0.05, 0.1) is 29.0 Å². The van der Waals surface area contributed by atoms with Gasteiger partial charge < -0.3 is 29.5 Å². The van der Waals surface area contributed by atoms with Crippen LogP contribution in [-0.2, 0) is 25.9 Å². The van der Waals surface area contributed by atoms with Crippen LogP contribution in [0.1, 0.15) is 355 Å². The third kappa shape index (κ3) is 41.2. The topological polar surface area (TPSA) is 142 Å². The Labute approximate surface area is 489 Å². The molecular formula is C69H133N3O7. The summed E-state index contributed by atoms with van der Waals surface area (Å²) in [4.78, 5) is 43.9. The second-order valence-corrected chi connectivity index (χ2v) is 24.7. The molecule has 0 saturated carbocycles. The van der Waals surface area contributed by atoms with Crippen LogP contribution in [0.15, 0.2) is 6.20 Å². The number of aromatic nitrogens is 2. The molecule has 0 spiro atoms. The van der Waals surface area contributed by atoms with Gasteiger partial charge in [0.1, 0.15) is 12.6 Å². The van der Waals surface area contributed by atoms with Gasteiger partial charge in [-0.2, -0.15) is 0 Å². The Balaban J connectivity index is 0.00000286. The minimum Gasteiger partial charge on any atom is -0.481 e. The molecule has 1 heterocycles. The molecule has 0 aromatic carbocycles. The Kier molecular flexibility index (Phi) is 51.9. The number of unbranched alkanes of at least 4 members (excludes halogenated alkanes) is 30. The average Bonchev–Trinajstić information content (AvgIpc) is 3.76. The van der Waals surface area contributed by atoms with E-state index in [9.17, 15) is 29.7 Å². The van der Waals surface area contributed by atoms with E-state index in [4.69, 9.17) is 4.74 Å². The fourth-order valence-electron chi connectivity index (χ4n) is 12.0. The Hall–Kier alpha value is -2.46. The molecule has 10 nitrogen and oxygen atoms in total. The molecule has 3 N–H and O–H groups in total. The second kappa shape index (κ2) is 53.5. The van der Waals surface area contributed by atoms with Gasteiger partial charge in [-0.05, 0) is 97.6 Å². The van der Waals surface area contributed by atoms with E-state index in [-0.39, 0.29) is 5.92 Å². The summed E-state index contributed by atoms with van der Waals surface area (Å²) >= 11 is 0. The van der Waals surface area contributed by atoms with Gasteiger partial charge in [-0.1, -0.05) is 273 Å². The second-order valence-electron chi connectivity index (χ2n) is 24.7. The summed E-state index contributed by atoms with van der Waals surface area (Å²) in [6, 6.07) is 0. The van der Waals surface area contributed by atoms with Gasteiger partial charge in [0, 0.05) is 12.7 Å². The first-order valence-corrected chi connectivity index (χ1v) is 34.3. The maximum absolute atomic E-state index is 12.8. The lowest BCUT2D eigenvalue weighted by Gasteiger charge is -2.30. The quantitative estimate of drug-likeness (QED) is 0.0544. The molecule has 0 fully saturated rings. The van der Waals surface area contributed by atoms with Crippen LogP contribution in [0.2, 0.25) is 0 Å². The third-order valence-corrected chi connectivity index (χ3v) is 17.5. The van der Waals surface area contributed by atoms with Crippen molar-refractivity contribution >= 4 is 17.9 Å². The number of aliphatic carboxylic acids is 3. The number of hydrogen-bond donors (Lipinski definition) is 3. The Bertz CT molecular complexity index is 1470. The Morgan fingerprint density at radius 1 is 0.443 bits per heavy atom. The van der Waals surface area contributed by atoms with Crippen LogP contribution < -0.4 is 0 Å². The summed E-state index contributed by atoms with van der Waals surface area (Å²) in [6.45, 7) is 21.8. The zero-order chi connectivity index (χ0) is 58.5. The van der Waals surface area contributed by atoms with Crippen molar-refractivity contribution < 1.29 is 34.4 Å². The van der Waals surface area contributed by atoms with Crippen molar-refractivity contribution in [2.24, 2.45) is 16.7 Å². The van der Waals surface area contributed by atoms with Gasteiger partial charge in [0.15, 0.2) is 0 Å². The van der Waals surface area contributed by atoms with Crippen LogP contribution in [0, 0.1) is 30.6 Å². The minimum atomic E-state index is -0.583. The van der Waals surface area contributed by atoms with Crippen molar-refractivity contribution in [2.45, 2.75) is 364 Å². The Morgan fingerprint density at radius 3 is 1.05 bits per heavy atom.